The van der Waals surface area contributed by atoms with Crippen LogP contribution in [-0.4, -0.2) is 7.74 Å². The van der Waals surface area contributed by atoms with Crippen LogP contribution in [0.3, 0.4) is 0 Å². The Morgan fingerprint density at radius 3 is 1.00 bits per heavy atom. The SMILES string of the molecule is [SiH3][I-](Oc1ccccc1)(Oc1ccccc1)Oc1ccccc1. The molecule has 0 amide bonds. The Kier molecular flexibility index (Phi) is 5.19. The minimum absolute atomic E-state index is 0.686. The van der Waals surface area contributed by atoms with Crippen molar-refractivity contribution in [1.29, 1.82) is 0 Å². The summed E-state index contributed by atoms with van der Waals surface area (Å²) in [7, 11) is 0.686. The van der Waals surface area contributed by atoms with E-state index < -0.39 is 18.9 Å². The second-order valence-corrected chi connectivity index (χ2v) is 16.1. The molecule has 0 unspecified atom stereocenters. The fraction of sp³-hybridized carbons (Fsp3) is 0. The Hall–Kier alpha value is -1.99. The Labute approximate surface area is 143 Å². The zero-order valence-electron chi connectivity index (χ0n) is 12.8. The van der Waals surface area contributed by atoms with E-state index in [4.69, 9.17) is 9.20 Å². The van der Waals surface area contributed by atoms with Gasteiger partial charge in [0.05, 0.1) is 0 Å². The molecule has 0 saturated heterocycles. The van der Waals surface area contributed by atoms with Gasteiger partial charge in [-0.1, -0.05) is 0 Å². The molecule has 0 fully saturated rings. The predicted octanol–water partition coefficient (Wildman–Crippen LogP) is 0.409. The van der Waals surface area contributed by atoms with Crippen LogP contribution >= 0.6 is 0 Å². The van der Waals surface area contributed by atoms with Crippen LogP contribution in [0.1, 0.15) is 0 Å². The molecule has 3 aromatic rings. The normalized spacial score (nSPS) is 11.7. The Balaban J connectivity index is 1.85. The topological polar surface area (TPSA) is 27.7 Å². The van der Waals surface area contributed by atoms with Gasteiger partial charge in [-0.3, -0.25) is 0 Å². The van der Waals surface area contributed by atoms with Crippen molar-refractivity contribution in [2.24, 2.45) is 0 Å². The monoisotopic (exact) mass is 437 g/mol. The third kappa shape index (κ3) is 4.74. The van der Waals surface area contributed by atoms with E-state index in [1.807, 2.05) is 91.0 Å². The molecule has 3 nitrogen and oxygen atoms in total. The van der Waals surface area contributed by atoms with Crippen molar-refractivity contribution in [3.8, 4) is 17.2 Å². The van der Waals surface area contributed by atoms with Crippen LogP contribution < -0.4 is 28.1 Å². The zero-order valence-corrected chi connectivity index (χ0v) is 16.9. The van der Waals surface area contributed by atoms with Crippen molar-refractivity contribution in [2.75, 3.05) is 0 Å². The van der Waals surface area contributed by atoms with Crippen molar-refractivity contribution < 1.29 is 28.1 Å². The van der Waals surface area contributed by atoms with E-state index in [-0.39, 0.29) is 0 Å². The molecule has 0 bridgehead atoms. The van der Waals surface area contributed by atoms with Crippen LogP contribution in [0.15, 0.2) is 91.0 Å². The van der Waals surface area contributed by atoms with E-state index in [1.54, 1.807) is 0 Å². The predicted molar refractivity (Wildman–Crippen MR) is 91.1 cm³/mol. The average Bonchev–Trinajstić information content (AvgIpc) is 2.57. The summed E-state index contributed by atoms with van der Waals surface area (Å²) in [6.07, 6.45) is 0. The Morgan fingerprint density at radius 2 is 0.739 bits per heavy atom. The summed E-state index contributed by atoms with van der Waals surface area (Å²) in [6, 6.07) is 29.1. The number of benzene rings is 3. The number of rotatable bonds is 6. The molecule has 120 valence electrons. The van der Waals surface area contributed by atoms with Gasteiger partial charge in [0.2, 0.25) is 0 Å². The maximum atomic E-state index is 6.21. The van der Waals surface area contributed by atoms with Gasteiger partial charge in [-0.25, -0.2) is 0 Å². The molecule has 0 aromatic heterocycles. The van der Waals surface area contributed by atoms with Crippen LogP contribution in [0.4, 0.5) is 0 Å². The second-order valence-electron chi connectivity index (χ2n) is 4.82. The molecule has 3 rings (SSSR count). The summed E-state index contributed by atoms with van der Waals surface area (Å²) in [6.45, 7) is 0. The quantitative estimate of drug-likeness (QED) is 0.318. The van der Waals surface area contributed by atoms with Gasteiger partial charge in [0.15, 0.2) is 0 Å². The Bertz CT molecular complexity index is 622. The van der Waals surface area contributed by atoms with Crippen LogP contribution in [0, 0.1) is 0 Å². The second kappa shape index (κ2) is 7.52. The first-order chi connectivity index (χ1) is 11.2. The molecule has 0 aliphatic rings. The summed E-state index contributed by atoms with van der Waals surface area (Å²) in [5, 5.41) is 0. The van der Waals surface area contributed by atoms with Gasteiger partial charge in [-0.2, -0.15) is 0 Å². The molecule has 0 radical (unpaired) electrons. The first kappa shape index (κ1) is 15.9. The molecule has 0 atom stereocenters. The van der Waals surface area contributed by atoms with Gasteiger partial charge in [0, 0.05) is 0 Å². The fourth-order valence-electron chi connectivity index (χ4n) is 1.95. The standard InChI is InChI=1S/C18H18IO3Si/c23-19(20-16-10-4-1-5-11-16,21-17-12-6-2-7-13-17)22-18-14-8-3-9-15-18/h1-15H,23H3/q-1. The molecular weight excluding hydrogens is 419 g/mol. The van der Waals surface area contributed by atoms with Gasteiger partial charge in [0.1, 0.15) is 0 Å². The molecule has 3 aromatic carbocycles. The Morgan fingerprint density at radius 1 is 0.478 bits per heavy atom. The zero-order chi connectivity index (χ0) is 16.0. The van der Waals surface area contributed by atoms with E-state index in [1.165, 1.54) is 0 Å². The van der Waals surface area contributed by atoms with Crippen LogP contribution in [0.2, 0.25) is 0 Å². The van der Waals surface area contributed by atoms with Gasteiger partial charge in [-0.05, 0) is 0 Å². The number of hydrogen-bond acceptors (Lipinski definition) is 3. The number of halogens is 1. The van der Waals surface area contributed by atoms with Crippen molar-refractivity contribution in [2.45, 2.75) is 0 Å². The van der Waals surface area contributed by atoms with Gasteiger partial charge >= 0.3 is 144 Å². The van der Waals surface area contributed by atoms with Crippen molar-refractivity contribution in [1.82, 2.24) is 0 Å². The van der Waals surface area contributed by atoms with Crippen LogP contribution in [-0.2, 0) is 0 Å². The molecule has 0 heterocycles. The molecule has 23 heavy (non-hydrogen) atoms. The molecule has 0 aliphatic carbocycles. The molecule has 0 saturated carbocycles. The average molecular weight is 437 g/mol. The molecule has 5 heteroatoms. The van der Waals surface area contributed by atoms with Crippen molar-refractivity contribution in [3.05, 3.63) is 91.0 Å². The third-order valence-electron chi connectivity index (χ3n) is 2.92. The van der Waals surface area contributed by atoms with E-state index >= 15 is 0 Å². The van der Waals surface area contributed by atoms with Gasteiger partial charge in [0.25, 0.3) is 0 Å². The molecular formula is C18H18IO3Si-. The molecule has 0 spiro atoms. The molecule has 0 N–H and O–H groups in total. The van der Waals surface area contributed by atoms with E-state index in [9.17, 15) is 0 Å². The summed E-state index contributed by atoms with van der Waals surface area (Å²) < 4.78 is 18.6. The van der Waals surface area contributed by atoms with E-state index in [0.29, 0.717) is 7.74 Å². The van der Waals surface area contributed by atoms with Crippen LogP contribution in [0.25, 0.3) is 0 Å². The summed E-state index contributed by atoms with van der Waals surface area (Å²) in [5.41, 5.74) is 0. The summed E-state index contributed by atoms with van der Waals surface area (Å²) in [4.78, 5) is 0. The van der Waals surface area contributed by atoms with E-state index in [0.717, 1.165) is 17.2 Å². The minimum atomic E-state index is -3.33. The molecule has 0 aliphatic heterocycles. The van der Waals surface area contributed by atoms with Gasteiger partial charge in [-0.15, -0.1) is 0 Å². The first-order valence-electron chi connectivity index (χ1n) is 7.19. The number of hydrogen-bond donors (Lipinski definition) is 0. The van der Waals surface area contributed by atoms with Crippen molar-refractivity contribution in [3.63, 3.8) is 0 Å². The maximum absolute atomic E-state index is 6.21. The summed E-state index contributed by atoms with van der Waals surface area (Å²) >= 11 is -3.33. The third-order valence-corrected chi connectivity index (χ3v) is 9.95. The van der Waals surface area contributed by atoms with Crippen LogP contribution in [0.5, 0.6) is 17.2 Å². The van der Waals surface area contributed by atoms with Gasteiger partial charge < -0.3 is 0 Å². The summed E-state index contributed by atoms with van der Waals surface area (Å²) in [5.74, 6) is 2.35. The van der Waals surface area contributed by atoms with E-state index in [2.05, 4.69) is 0 Å². The first-order valence-corrected chi connectivity index (χ1v) is 17.1. The fourth-order valence-corrected chi connectivity index (χ4v) is 9.46. The number of para-hydroxylation sites is 3. The van der Waals surface area contributed by atoms with Crippen molar-refractivity contribution >= 4 is 7.74 Å².